The summed E-state index contributed by atoms with van der Waals surface area (Å²) in [7, 11) is 0. The molecule has 2 rings (SSSR count). The Labute approximate surface area is 106 Å². The summed E-state index contributed by atoms with van der Waals surface area (Å²) in [5, 5.41) is 0. The highest BCUT2D eigenvalue weighted by atomic mass is 32.2. The molecule has 2 aromatic carbocycles. The van der Waals surface area contributed by atoms with Gasteiger partial charge in [0.1, 0.15) is 0 Å². The van der Waals surface area contributed by atoms with E-state index in [4.69, 9.17) is 5.73 Å². The Hall–Kier alpha value is -1.85. The Morgan fingerprint density at radius 3 is 2.29 bits per heavy atom. The average molecular weight is 239 g/mol. The molecule has 0 radical (unpaired) electrons. The molecule has 0 heterocycles. The van der Waals surface area contributed by atoms with Gasteiger partial charge in [0, 0.05) is 21.7 Å². The number of rotatable bonds is 1. The predicted molar refractivity (Wildman–Crippen MR) is 75.1 cm³/mol. The highest BCUT2D eigenvalue weighted by molar-refractivity contribution is 7.98. The molecule has 0 aliphatic heterocycles. The average Bonchev–Trinajstić information content (AvgIpc) is 2.37. The lowest BCUT2D eigenvalue weighted by Crippen LogP contribution is -1.84. The van der Waals surface area contributed by atoms with Crippen LogP contribution in [-0.2, 0) is 0 Å². The van der Waals surface area contributed by atoms with Gasteiger partial charge in [0.2, 0.25) is 0 Å². The molecule has 2 heteroatoms. The molecule has 84 valence electrons. The summed E-state index contributed by atoms with van der Waals surface area (Å²) in [6.45, 7) is 0. The van der Waals surface area contributed by atoms with Crippen LogP contribution in [0.15, 0.2) is 53.4 Å². The summed E-state index contributed by atoms with van der Waals surface area (Å²) in [6, 6.07) is 15.8. The van der Waals surface area contributed by atoms with E-state index in [1.165, 1.54) is 4.90 Å². The second kappa shape index (κ2) is 5.47. The van der Waals surface area contributed by atoms with Crippen LogP contribution in [-0.4, -0.2) is 6.26 Å². The Kier molecular flexibility index (Phi) is 3.74. The van der Waals surface area contributed by atoms with E-state index in [2.05, 4.69) is 30.2 Å². The molecule has 0 amide bonds. The van der Waals surface area contributed by atoms with E-state index in [0.29, 0.717) is 0 Å². The van der Waals surface area contributed by atoms with E-state index < -0.39 is 0 Å². The molecule has 0 saturated heterocycles. The molecule has 0 atom stereocenters. The lowest BCUT2D eigenvalue weighted by atomic mass is 10.2. The number of nitrogen functional groups attached to an aromatic ring is 1. The van der Waals surface area contributed by atoms with E-state index >= 15 is 0 Å². The molecule has 1 nitrogen and oxygen atoms in total. The summed E-state index contributed by atoms with van der Waals surface area (Å²) in [5.41, 5.74) is 8.40. The summed E-state index contributed by atoms with van der Waals surface area (Å²) >= 11 is 1.73. The van der Waals surface area contributed by atoms with Gasteiger partial charge in [-0.3, -0.25) is 0 Å². The highest BCUT2D eigenvalue weighted by Crippen LogP contribution is 2.14. The van der Waals surface area contributed by atoms with Crippen molar-refractivity contribution in [2.75, 3.05) is 12.0 Å². The summed E-state index contributed by atoms with van der Waals surface area (Å²) in [6.07, 6.45) is 2.06. The molecule has 0 unspecified atom stereocenters. The third kappa shape index (κ3) is 3.30. The molecule has 0 spiro atoms. The van der Waals surface area contributed by atoms with Gasteiger partial charge in [0.25, 0.3) is 0 Å². The number of benzene rings is 2. The topological polar surface area (TPSA) is 26.0 Å². The molecule has 2 aromatic rings. The fourth-order valence-electron chi connectivity index (χ4n) is 1.44. The van der Waals surface area contributed by atoms with Gasteiger partial charge >= 0.3 is 0 Å². The summed E-state index contributed by atoms with van der Waals surface area (Å²) in [4.78, 5) is 1.25. The first-order chi connectivity index (χ1) is 8.28. The van der Waals surface area contributed by atoms with Crippen LogP contribution in [0.1, 0.15) is 11.1 Å². The fraction of sp³-hybridized carbons (Fsp3) is 0.0667. The lowest BCUT2D eigenvalue weighted by molar-refractivity contribution is 1.45. The van der Waals surface area contributed by atoms with Gasteiger partial charge in [-0.05, 0) is 48.7 Å². The first kappa shape index (κ1) is 11.6. The number of anilines is 1. The van der Waals surface area contributed by atoms with Crippen molar-refractivity contribution in [1.29, 1.82) is 0 Å². The van der Waals surface area contributed by atoms with Crippen LogP contribution in [0, 0.1) is 11.8 Å². The third-order valence-corrected chi connectivity index (χ3v) is 3.07. The van der Waals surface area contributed by atoms with E-state index in [9.17, 15) is 0 Å². The number of hydrogen-bond donors (Lipinski definition) is 1. The van der Waals surface area contributed by atoms with Gasteiger partial charge < -0.3 is 5.73 Å². The first-order valence-electron chi connectivity index (χ1n) is 5.29. The molecule has 17 heavy (non-hydrogen) atoms. The molecular weight excluding hydrogens is 226 g/mol. The van der Waals surface area contributed by atoms with Crippen LogP contribution >= 0.6 is 11.8 Å². The summed E-state index contributed by atoms with van der Waals surface area (Å²) < 4.78 is 0. The van der Waals surface area contributed by atoms with Crippen molar-refractivity contribution in [1.82, 2.24) is 0 Å². The van der Waals surface area contributed by atoms with Crippen LogP contribution < -0.4 is 5.73 Å². The van der Waals surface area contributed by atoms with Crippen molar-refractivity contribution < 1.29 is 0 Å². The maximum absolute atomic E-state index is 5.69. The maximum Gasteiger partial charge on any atom is 0.0326 e. The van der Waals surface area contributed by atoms with Crippen LogP contribution in [0.2, 0.25) is 0 Å². The normalized spacial score (nSPS) is 9.47. The van der Waals surface area contributed by atoms with E-state index in [0.717, 1.165) is 16.8 Å². The van der Waals surface area contributed by atoms with Crippen molar-refractivity contribution >= 4 is 17.4 Å². The minimum atomic E-state index is 0.745. The molecule has 0 aliphatic rings. The molecular formula is C15H13NS. The molecule has 0 aliphatic carbocycles. The SMILES string of the molecule is CSc1ccc(C#Cc2cccc(N)c2)cc1. The van der Waals surface area contributed by atoms with Crippen molar-refractivity contribution in [2.24, 2.45) is 0 Å². The van der Waals surface area contributed by atoms with E-state index in [1.807, 2.05) is 36.4 Å². The monoisotopic (exact) mass is 239 g/mol. The zero-order valence-corrected chi connectivity index (χ0v) is 10.4. The standard InChI is InChI=1S/C15H13NS/c1-17-15-9-7-12(8-10-15)5-6-13-3-2-4-14(16)11-13/h2-4,7-11H,16H2,1H3. The lowest BCUT2D eigenvalue weighted by Gasteiger charge is -1.95. The zero-order valence-electron chi connectivity index (χ0n) is 9.60. The number of hydrogen-bond acceptors (Lipinski definition) is 2. The summed E-state index contributed by atoms with van der Waals surface area (Å²) in [5.74, 6) is 6.23. The zero-order chi connectivity index (χ0) is 12.1. The smallest absolute Gasteiger partial charge is 0.0326 e. The highest BCUT2D eigenvalue weighted by Gasteiger charge is 1.90. The van der Waals surface area contributed by atoms with Gasteiger partial charge in [-0.2, -0.15) is 0 Å². The van der Waals surface area contributed by atoms with Crippen molar-refractivity contribution in [3.63, 3.8) is 0 Å². The molecule has 0 saturated carbocycles. The fourth-order valence-corrected chi connectivity index (χ4v) is 1.84. The van der Waals surface area contributed by atoms with Crippen LogP contribution in [0.3, 0.4) is 0 Å². The first-order valence-corrected chi connectivity index (χ1v) is 6.52. The Morgan fingerprint density at radius 2 is 1.65 bits per heavy atom. The van der Waals surface area contributed by atoms with Crippen molar-refractivity contribution in [3.8, 4) is 11.8 Å². The van der Waals surface area contributed by atoms with Gasteiger partial charge in [-0.1, -0.05) is 17.9 Å². The minimum absolute atomic E-state index is 0.745. The largest absolute Gasteiger partial charge is 0.399 e. The van der Waals surface area contributed by atoms with E-state index in [-0.39, 0.29) is 0 Å². The van der Waals surface area contributed by atoms with Crippen molar-refractivity contribution in [3.05, 3.63) is 59.7 Å². The van der Waals surface area contributed by atoms with Gasteiger partial charge in [-0.25, -0.2) is 0 Å². The van der Waals surface area contributed by atoms with E-state index in [1.54, 1.807) is 11.8 Å². The van der Waals surface area contributed by atoms with Gasteiger partial charge in [0.15, 0.2) is 0 Å². The Balaban J connectivity index is 2.20. The molecule has 0 aromatic heterocycles. The Morgan fingerprint density at radius 1 is 0.941 bits per heavy atom. The second-order valence-corrected chi connectivity index (χ2v) is 4.48. The number of nitrogens with two attached hydrogens (primary N) is 1. The number of thioether (sulfide) groups is 1. The molecule has 0 fully saturated rings. The predicted octanol–water partition coefficient (Wildman–Crippen LogP) is 3.39. The quantitative estimate of drug-likeness (QED) is 0.469. The van der Waals surface area contributed by atoms with Crippen LogP contribution in [0.4, 0.5) is 5.69 Å². The molecule has 0 bridgehead atoms. The van der Waals surface area contributed by atoms with Crippen molar-refractivity contribution in [2.45, 2.75) is 4.90 Å². The van der Waals surface area contributed by atoms with Gasteiger partial charge in [-0.15, -0.1) is 11.8 Å². The molecule has 2 N–H and O–H groups in total. The second-order valence-electron chi connectivity index (χ2n) is 3.60. The van der Waals surface area contributed by atoms with Crippen LogP contribution in [0.5, 0.6) is 0 Å². The Bertz CT molecular complexity index is 561. The van der Waals surface area contributed by atoms with Gasteiger partial charge in [0.05, 0.1) is 0 Å². The third-order valence-electron chi connectivity index (χ3n) is 2.33. The maximum atomic E-state index is 5.69. The van der Waals surface area contributed by atoms with Crippen LogP contribution in [0.25, 0.3) is 0 Å². The minimum Gasteiger partial charge on any atom is -0.399 e.